The number of para-hydroxylation sites is 1. The molecular weight excluding hydrogens is 497 g/mol. The molecule has 8 nitrogen and oxygen atoms in total. The number of nitrogens with one attached hydrogen (secondary N) is 2. The van der Waals surface area contributed by atoms with E-state index in [-0.39, 0.29) is 0 Å². The minimum atomic E-state index is -2.50. The van der Waals surface area contributed by atoms with Gasteiger partial charge >= 0.3 is 0 Å². The number of aromatic nitrogens is 2. The lowest BCUT2D eigenvalue weighted by Crippen LogP contribution is -2.37. The van der Waals surface area contributed by atoms with Gasteiger partial charge in [0.05, 0.1) is 30.3 Å². The van der Waals surface area contributed by atoms with Gasteiger partial charge in [-0.05, 0) is 50.4 Å². The van der Waals surface area contributed by atoms with Gasteiger partial charge in [0, 0.05) is 43.2 Å². The minimum Gasteiger partial charge on any atom is -0.491 e. The molecule has 2 aliphatic heterocycles. The molecule has 0 aliphatic carbocycles. The number of ether oxygens (including phenoxy) is 2. The SMILES string of the molecule is COC1CCN(c2ccc(Nc3ncc(Cl)c(Nc4ccccc4P(C)(C)=O)n3)c3c2CCO3)CC1. The van der Waals surface area contributed by atoms with Gasteiger partial charge in [0.25, 0.3) is 0 Å². The third kappa shape index (κ3) is 5.17. The maximum absolute atomic E-state index is 12.8. The van der Waals surface area contributed by atoms with Crippen molar-refractivity contribution < 1.29 is 14.0 Å². The quantitative estimate of drug-likeness (QED) is 0.394. The molecule has 0 unspecified atom stereocenters. The fourth-order valence-electron chi connectivity index (χ4n) is 4.82. The van der Waals surface area contributed by atoms with Crippen molar-refractivity contribution in [1.29, 1.82) is 0 Å². The van der Waals surface area contributed by atoms with Gasteiger partial charge in [-0.1, -0.05) is 23.7 Å². The fraction of sp³-hybridized carbons (Fsp3) is 0.385. The summed E-state index contributed by atoms with van der Waals surface area (Å²) in [5.41, 5.74) is 3.96. The Morgan fingerprint density at radius 3 is 2.64 bits per heavy atom. The highest BCUT2D eigenvalue weighted by atomic mass is 35.5. The van der Waals surface area contributed by atoms with Crippen LogP contribution in [0.4, 0.5) is 28.8 Å². The smallest absolute Gasteiger partial charge is 0.229 e. The van der Waals surface area contributed by atoms with E-state index in [1.807, 2.05) is 30.3 Å². The molecule has 36 heavy (non-hydrogen) atoms. The van der Waals surface area contributed by atoms with E-state index in [4.69, 9.17) is 21.1 Å². The molecule has 5 rings (SSSR count). The maximum Gasteiger partial charge on any atom is 0.229 e. The van der Waals surface area contributed by atoms with Gasteiger partial charge in [0.15, 0.2) is 5.82 Å². The predicted octanol–water partition coefficient (Wildman–Crippen LogP) is 5.42. The van der Waals surface area contributed by atoms with Crippen LogP contribution in [0.5, 0.6) is 5.75 Å². The molecule has 2 aliphatic rings. The number of anilines is 5. The van der Waals surface area contributed by atoms with Gasteiger partial charge in [0.2, 0.25) is 5.95 Å². The Kier molecular flexibility index (Phi) is 7.11. The van der Waals surface area contributed by atoms with Crippen LogP contribution >= 0.6 is 18.7 Å². The van der Waals surface area contributed by atoms with Crippen LogP contribution in [-0.4, -0.2) is 56.2 Å². The number of nitrogens with zero attached hydrogens (tertiary/aromatic N) is 3. The number of piperidine rings is 1. The van der Waals surface area contributed by atoms with Crippen molar-refractivity contribution in [2.75, 3.05) is 55.7 Å². The predicted molar refractivity (Wildman–Crippen MR) is 147 cm³/mol. The molecule has 0 bridgehead atoms. The van der Waals surface area contributed by atoms with E-state index in [1.54, 1.807) is 26.6 Å². The molecule has 10 heteroatoms. The van der Waals surface area contributed by atoms with Gasteiger partial charge in [-0.15, -0.1) is 0 Å². The first kappa shape index (κ1) is 24.9. The summed E-state index contributed by atoms with van der Waals surface area (Å²) in [7, 11) is -0.709. The lowest BCUT2D eigenvalue weighted by atomic mass is 10.0. The Labute approximate surface area is 216 Å². The highest BCUT2D eigenvalue weighted by Crippen LogP contribution is 2.42. The minimum absolute atomic E-state index is 0.338. The normalized spacial score (nSPS) is 15.9. The van der Waals surface area contributed by atoms with Crippen LogP contribution in [0.25, 0.3) is 0 Å². The number of rotatable bonds is 7. The van der Waals surface area contributed by atoms with E-state index in [0.717, 1.165) is 49.1 Å². The summed E-state index contributed by atoms with van der Waals surface area (Å²) in [5, 5.41) is 7.66. The topological polar surface area (TPSA) is 88.6 Å². The zero-order chi connectivity index (χ0) is 25.3. The van der Waals surface area contributed by atoms with Crippen molar-refractivity contribution in [2.24, 2.45) is 0 Å². The molecule has 3 heterocycles. The Balaban J connectivity index is 1.39. The van der Waals surface area contributed by atoms with Crippen molar-refractivity contribution in [3.8, 4) is 5.75 Å². The molecule has 0 atom stereocenters. The summed E-state index contributed by atoms with van der Waals surface area (Å²) in [6.07, 6.45) is 4.80. The number of methoxy groups -OCH3 is 1. The lowest BCUT2D eigenvalue weighted by Gasteiger charge is -2.34. The number of hydrogen-bond acceptors (Lipinski definition) is 8. The molecule has 2 aromatic carbocycles. The highest BCUT2D eigenvalue weighted by molar-refractivity contribution is 7.70. The van der Waals surface area contributed by atoms with Gasteiger partial charge in [0.1, 0.15) is 17.9 Å². The first-order chi connectivity index (χ1) is 17.3. The van der Waals surface area contributed by atoms with Crippen LogP contribution < -0.4 is 25.6 Å². The molecule has 0 radical (unpaired) electrons. The van der Waals surface area contributed by atoms with Crippen LogP contribution in [0.3, 0.4) is 0 Å². The van der Waals surface area contributed by atoms with Gasteiger partial charge < -0.3 is 29.6 Å². The number of hydrogen-bond donors (Lipinski definition) is 2. The molecule has 0 saturated carbocycles. The molecule has 2 N–H and O–H groups in total. The molecule has 190 valence electrons. The number of fused-ring (bicyclic) bond motifs is 1. The molecule has 0 spiro atoms. The summed E-state index contributed by atoms with van der Waals surface area (Å²) in [6.45, 7) is 6.07. The Morgan fingerprint density at radius 2 is 1.89 bits per heavy atom. The average molecular weight is 528 g/mol. The number of benzene rings is 2. The van der Waals surface area contributed by atoms with E-state index in [1.165, 1.54) is 11.3 Å². The Morgan fingerprint density at radius 1 is 1.11 bits per heavy atom. The van der Waals surface area contributed by atoms with Crippen LogP contribution in [0, 0.1) is 0 Å². The van der Waals surface area contributed by atoms with Crippen LogP contribution in [-0.2, 0) is 15.7 Å². The second-order valence-electron chi connectivity index (χ2n) is 9.47. The first-order valence-electron chi connectivity index (χ1n) is 12.1. The molecule has 1 aromatic heterocycles. The van der Waals surface area contributed by atoms with Crippen LogP contribution in [0.1, 0.15) is 18.4 Å². The van der Waals surface area contributed by atoms with Crippen molar-refractivity contribution in [3.05, 3.63) is 53.2 Å². The zero-order valence-corrected chi connectivity index (χ0v) is 22.4. The third-order valence-electron chi connectivity index (χ3n) is 6.68. The second-order valence-corrected chi connectivity index (χ2v) is 13.1. The highest BCUT2D eigenvalue weighted by Gasteiger charge is 2.26. The summed E-state index contributed by atoms with van der Waals surface area (Å²) < 4.78 is 24.3. The van der Waals surface area contributed by atoms with Gasteiger partial charge in [-0.25, -0.2) is 4.98 Å². The van der Waals surface area contributed by atoms with Crippen LogP contribution in [0.2, 0.25) is 5.02 Å². The average Bonchev–Trinajstić information content (AvgIpc) is 3.37. The van der Waals surface area contributed by atoms with E-state index < -0.39 is 7.14 Å². The molecule has 0 amide bonds. The lowest BCUT2D eigenvalue weighted by molar-refractivity contribution is 0.0819. The second kappa shape index (κ2) is 10.3. The summed E-state index contributed by atoms with van der Waals surface area (Å²) in [4.78, 5) is 11.4. The largest absolute Gasteiger partial charge is 0.491 e. The summed E-state index contributed by atoms with van der Waals surface area (Å²) >= 11 is 6.41. The standard InChI is InChI=1S/C26H31ClN5O3P/c1-34-17-10-13-32(14-11-17)22-9-8-21(24-18(22)12-15-35-24)30-26-28-16-19(27)25(31-26)29-20-6-4-5-7-23(20)36(2,3)33/h4-9,16-17H,10-15H2,1-3H3,(H2,28,29,30,31). The summed E-state index contributed by atoms with van der Waals surface area (Å²) in [5.74, 6) is 1.67. The molecule has 1 fully saturated rings. The monoisotopic (exact) mass is 527 g/mol. The molecule has 3 aromatic rings. The fourth-order valence-corrected chi connectivity index (χ4v) is 6.11. The van der Waals surface area contributed by atoms with Crippen LogP contribution in [0.15, 0.2) is 42.6 Å². The van der Waals surface area contributed by atoms with E-state index >= 15 is 0 Å². The molecule has 1 saturated heterocycles. The third-order valence-corrected chi connectivity index (χ3v) is 8.50. The first-order valence-corrected chi connectivity index (χ1v) is 15.1. The zero-order valence-electron chi connectivity index (χ0n) is 20.8. The van der Waals surface area contributed by atoms with Gasteiger partial charge in [-0.2, -0.15) is 4.98 Å². The van der Waals surface area contributed by atoms with Gasteiger partial charge in [-0.3, -0.25) is 0 Å². The Bertz CT molecular complexity index is 1310. The summed E-state index contributed by atoms with van der Waals surface area (Å²) in [6, 6.07) is 11.7. The Hall–Kier alpha value is -2.80. The van der Waals surface area contributed by atoms with E-state index in [2.05, 4.69) is 31.6 Å². The molecular formula is C26H31ClN5O3P. The number of halogens is 1. The van der Waals surface area contributed by atoms with Crippen molar-refractivity contribution >= 4 is 52.9 Å². The van der Waals surface area contributed by atoms with E-state index in [0.29, 0.717) is 35.2 Å². The van der Waals surface area contributed by atoms with E-state index in [9.17, 15) is 4.57 Å². The van der Waals surface area contributed by atoms with Crippen molar-refractivity contribution in [1.82, 2.24) is 9.97 Å². The maximum atomic E-state index is 12.8. The van der Waals surface area contributed by atoms with Crippen molar-refractivity contribution in [2.45, 2.75) is 25.4 Å². The van der Waals surface area contributed by atoms with Crippen molar-refractivity contribution in [3.63, 3.8) is 0 Å².